The number of Topliss-reactive ketones (excluding diaryl/α,β-unsaturated/α-hetero) is 1. The molecule has 0 amide bonds. The SMILES string of the molecule is CCC1(C)C(=O)CC1c1ccc2c(c1)COC2. The van der Waals surface area contributed by atoms with Gasteiger partial charge < -0.3 is 4.74 Å². The molecule has 1 fully saturated rings. The summed E-state index contributed by atoms with van der Waals surface area (Å²) in [4.78, 5) is 11.8. The Kier molecular flexibility index (Phi) is 2.37. The molecule has 0 radical (unpaired) electrons. The Bertz CT molecular complexity index is 478. The summed E-state index contributed by atoms with van der Waals surface area (Å²) in [5.41, 5.74) is 3.80. The molecular weight excluding hydrogens is 212 g/mol. The van der Waals surface area contributed by atoms with Gasteiger partial charge in [-0.2, -0.15) is 0 Å². The molecule has 1 aliphatic carbocycles. The van der Waals surface area contributed by atoms with E-state index in [0.29, 0.717) is 18.1 Å². The van der Waals surface area contributed by atoms with E-state index < -0.39 is 0 Å². The Labute approximate surface area is 102 Å². The Morgan fingerprint density at radius 1 is 1.35 bits per heavy atom. The Morgan fingerprint density at radius 3 is 2.82 bits per heavy atom. The minimum atomic E-state index is -0.131. The van der Waals surface area contributed by atoms with Crippen molar-refractivity contribution in [3.63, 3.8) is 0 Å². The van der Waals surface area contributed by atoms with E-state index in [-0.39, 0.29) is 5.41 Å². The minimum absolute atomic E-state index is 0.131. The fraction of sp³-hybridized carbons (Fsp3) is 0.533. The molecule has 0 spiro atoms. The first-order valence-electron chi connectivity index (χ1n) is 6.38. The summed E-state index contributed by atoms with van der Waals surface area (Å²) in [6.45, 7) is 5.69. The van der Waals surface area contributed by atoms with Crippen molar-refractivity contribution in [1.29, 1.82) is 0 Å². The van der Waals surface area contributed by atoms with E-state index in [0.717, 1.165) is 19.6 Å². The van der Waals surface area contributed by atoms with Crippen molar-refractivity contribution in [2.24, 2.45) is 5.41 Å². The lowest BCUT2D eigenvalue weighted by Crippen LogP contribution is -2.45. The number of carbonyl (C=O) groups is 1. The average molecular weight is 230 g/mol. The summed E-state index contributed by atoms with van der Waals surface area (Å²) in [5, 5.41) is 0. The number of ketones is 1. The van der Waals surface area contributed by atoms with Gasteiger partial charge in [-0.25, -0.2) is 0 Å². The van der Waals surface area contributed by atoms with Crippen LogP contribution >= 0.6 is 0 Å². The zero-order valence-corrected chi connectivity index (χ0v) is 10.5. The highest BCUT2D eigenvalue weighted by Crippen LogP contribution is 2.52. The topological polar surface area (TPSA) is 26.3 Å². The summed E-state index contributed by atoms with van der Waals surface area (Å²) >= 11 is 0. The molecule has 0 bridgehead atoms. The molecule has 0 N–H and O–H groups in total. The molecule has 1 saturated carbocycles. The van der Waals surface area contributed by atoms with Gasteiger partial charge in [0.2, 0.25) is 0 Å². The van der Waals surface area contributed by atoms with Crippen molar-refractivity contribution in [1.82, 2.24) is 0 Å². The quantitative estimate of drug-likeness (QED) is 0.780. The lowest BCUT2D eigenvalue weighted by Gasteiger charge is -2.45. The molecule has 17 heavy (non-hydrogen) atoms. The van der Waals surface area contributed by atoms with Crippen LogP contribution in [0, 0.1) is 5.41 Å². The third-order valence-electron chi connectivity index (χ3n) is 4.68. The highest BCUT2D eigenvalue weighted by atomic mass is 16.5. The minimum Gasteiger partial charge on any atom is -0.372 e. The summed E-state index contributed by atoms with van der Waals surface area (Å²) in [7, 11) is 0. The normalized spacial score (nSPS) is 31.2. The predicted molar refractivity (Wildman–Crippen MR) is 65.7 cm³/mol. The maximum Gasteiger partial charge on any atom is 0.140 e. The molecule has 1 heterocycles. The van der Waals surface area contributed by atoms with E-state index in [4.69, 9.17) is 4.74 Å². The Hall–Kier alpha value is -1.15. The van der Waals surface area contributed by atoms with Crippen LogP contribution in [0.5, 0.6) is 0 Å². The van der Waals surface area contributed by atoms with Gasteiger partial charge in [-0.15, -0.1) is 0 Å². The summed E-state index contributed by atoms with van der Waals surface area (Å²) in [6.07, 6.45) is 1.65. The summed E-state index contributed by atoms with van der Waals surface area (Å²) < 4.78 is 5.43. The molecule has 2 aliphatic rings. The van der Waals surface area contributed by atoms with Crippen LogP contribution in [-0.2, 0) is 22.7 Å². The van der Waals surface area contributed by atoms with Gasteiger partial charge in [0.15, 0.2) is 0 Å². The standard InChI is InChI=1S/C15H18O2/c1-3-15(2)13(7-14(15)16)10-4-5-11-8-17-9-12(11)6-10/h4-6,13H,3,7-9H2,1-2H3. The van der Waals surface area contributed by atoms with Crippen molar-refractivity contribution < 1.29 is 9.53 Å². The van der Waals surface area contributed by atoms with Crippen LogP contribution in [0.2, 0.25) is 0 Å². The van der Waals surface area contributed by atoms with E-state index >= 15 is 0 Å². The third-order valence-corrected chi connectivity index (χ3v) is 4.68. The second kappa shape index (κ2) is 3.67. The van der Waals surface area contributed by atoms with Crippen LogP contribution in [-0.4, -0.2) is 5.78 Å². The molecule has 1 aromatic rings. The van der Waals surface area contributed by atoms with Crippen molar-refractivity contribution >= 4 is 5.78 Å². The van der Waals surface area contributed by atoms with Crippen molar-refractivity contribution in [3.8, 4) is 0 Å². The van der Waals surface area contributed by atoms with Crippen LogP contribution < -0.4 is 0 Å². The van der Waals surface area contributed by atoms with Gasteiger partial charge in [0.05, 0.1) is 13.2 Å². The maximum atomic E-state index is 11.8. The lowest BCUT2D eigenvalue weighted by atomic mass is 9.56. The fourth-order valence-electron chi connectivity index (χ4n) is 3.05. The van der Waals surface area contributed by atoms with E-state index in [1.165, 1.54) is 16.7 Å². The van der Waals surface area contributed by atoms with Gasteiger partial charge in [-0.1, -0.05) is 32.0 Å². The van der Waals surface area contributed by atoms with Crippen LogP contribution in [0.1, 0.15) is 49.3 Å². The van der Waals surface area contributed by atoms with Crippen molar-refractivity contribution in [2.75, 3.05) is 0 Å². The maximum absolute atomic E-state index is 11.8. The largest absolute Gasteiger partial charge is 0.372 e. The molecule has 2 heteroatoms. The number of carbonyl (C=O) groups excluding carboxylic acids is 1. The second-order valence-electron chi connectivity index (χ2n) is 5.47. The monoisotopic (exact) mass is 230 g/mol. The number of rotatable bonds is 2. The molecule has 1 aromatic carbocycles. The molecule has 0 aromatic heterocycles. The summed E-state index contributed by atoms with van der Waals surface area (Å²) in [6, 6.07) is 6.59. The highest BCUT2D eigenvalue weighted by Gasteiger charge is 2.50. The van der Waals surface area contributed by atoms with Crippen LogP contribution in [0.25, 0.3) is 0 Å². The molecular formula is C15H18O2. The third kappa shape index (κ3) is 1.47. The first kappa shape index (κ1) is 11.0. The molecule has 2 atom stereocenters. The van der Waals surface area contributed by atoms with Crippen LogP contribution in [0.4, 0.5) is 0 Å². The zero-order valence-electron chi connectivity index (χ0n) is 10.5. The Morgan fingerprint density at radius 2 is 2.12 bits per heavy atom. The van der Waals surface area contributed by atoms with E-state index in [1.807, 2.05) is 0 Å². The van der Waals surface area contributed by atoms with Gasteiger partial charge >= 0.3 is 0 Å². The van der Waals surface area contributed by atoms with E-state index in [1.54, 1.807) is 0 Å². The van der Waals surface area contributed by atoms with E-state index in [9.17, 15) is 4.79 Å². The molecule has 90 valence electrons. The zero-order chi connectivity index (χ0) is 12.0. The van der Waals surface area contributed by atoms with Gasteiger partial charge in [0.1, 0.15) is 5.78 Å². The number of benzene rings is 1. The van der Waals surface area contributed by atoms with Gasteiger partial charge in [0.25, 0.3) is 0 Å². The average Bonchev–Trinajstić information content (AvgIpc) is 2.81. The first-order valence-corrected chi connectivity index (χ1v) is 6.38. The van der Waals surface area contributed by atoms with Crippen molar-refractivity contribution in [2.45, 2.75) is 45.8 Å². The first-order chi connectivity index (χ1) is 8.15. The fourth-order valence-corrected chi connectivity index (χ4v) is 3.05. The Balaban J connectivity index is 1.93. The number of ether oxygens (including phenoxy) is 1. The van der Waals surface area contributed by atoms with Crippen LogP contribution in [0.15, 0.2) is 18.2 Å². The summed E-state index contributed by atoms with van der Waals surface area (Å²) in [5.74, 6) is 0.827. The van der Waals surface area contributed by atoms with Crippen LogP contribution in [0.3, 0.4) is 0 Å². The molecule has 2 unspecified atom stereocenters. The van der Waals surface area contributed by atoms with E-state index in [2.05, 4.69) is 32.0 Å². The molecule has 3 rings (SSSR count). The number of fused-ring (bicyclic) bond motifs is 1. The highest BCUT2D eigenvalue weighted by molar-refractivity contribution is 5.93. The molecule has 2 nitrogen and oxygen atoms in total. The smallest absolute Gasteiger partial charge is 0.140 e. The van der Waals surface area contributed by atoms with Gasteiger partial charge in [-0.3, -0.25) is 4.79 Å². The second-order valence-corrected chi connectivity index (χ2v) is 5.47. The predicted octanol–water partition coefficient (Wildman–Crippen LogP) is 3.19. The number of hydrogen-bond acceptors (Lipinski definition) is 2. The van der Waals surface area contributed by atoms with Gasteiger partial charge in [-0.05, 0) is 23.1 Å². The molecule has 0 saturated heterocycles. The van der Waals surface area contributed by atoms with Gasteiger partial charge in [0, 0.05) is 17.8 Å². The lowest BCUT2D eigenvalue weighted by molar-refractivity contribution is -0.139. The molecule has 1 aliphatic heterocycles. The number of hydrogen-bond donors (Lipinski definition) is 0. The van der Waals surface area contributed by atoms with Crippen molar-refractivity contribution in [3.05, 3.63) is 34.9 Å².